The normalized spacial score (nSPS) is 12.2. The number of thiazole rings is 1. The standard InChI is InChI=1S/C17H19FN4O2S/c1-4-24-8-7-22-13-6-5-12(18)9-14(13)25-17(22)19-16(23)15-11(2)10-21(3)20-15/h5-6,9-10H,4,7-8H2,1-3H3. The average molecular weight is 362 g/mol. The lowest BCUT2D eigenvalue weighted by atomic mass is 10.3. The maximum Gasteiger partial charge on any atom is 0.300 e. The van der Waals surface area contributed by atoms with Crippen LogP contribution in [0.5, 0.6) is 0 Å². The van der Waals surface area contributed by atoms with Gasteiger partial charge in [0.25, 0.3) is 5.91 Å². The molecule has 0 N–H and O–H groups in total. The van der Waals surface area contributed by atoms with Crippen molar-refractivity contribution in [3.8, 4) is 0 Å². The van der Waals surface area contributed by atoms with E-state index < -0.39 is 5.91 Å². The van der Waals surface area contributed by atoms with E-state index >= 15 is 0 Å². The Hall–Kier alpha value is -2.32. The first-order chi connectivity index (χ1) is 12.0. The number of rotatable bonds is 5. The Morgan fingerprint density at radius 3 is 2.92 bits per heavy atom. The molecule has 1 aromatic carbocycles. The van der Waals surface area contributed by atoms with Crippen LogP contribution in [0.3, 0.4) is 0 Å². The monoisotopic (exact) mass is 362 g/mol. The number of amides is 1. The Balaban J connectivity index is 2.08. The molecule has 0 unspecified atom stereocenters. The fourth-order valence-electron chi connectivity index (χ4n) is 2.61. The molecular weight excluding hydrogens is 343 g/mol. The number of carbonyl (C=O) groups excluding carboxylic acids is 1. The van der Waals surface area contributed by atoms with Crippen LogP contribution in [0, 0.1) is 12.7 Å². The molecule has 3 aromatic rings. The van der Waals surface area contributed by atoms with Gasteiger partial charge < -0.3 is 9.30 Å². The zero-order chi connectivity index (χ0) is 18.0. The first-order valence-electron chi connectivity index (χ1n) is 7.95. The summed E-state index contributed by atoms with van der Waals surface area (Å²) in [5, 5.41) is 4.16. The highest BCUT2D eigenvalue weighted by Gasteiger charge is 2.14. The number of fused-ring (bicyclic) bond motifs is 1. The van der Waals surface area contributed by atoms with Crippen LogP contribution in [0.25, 0.3) is 10.2 Å². The first kappa shape index (κ1) is 17.5. The minimum absolute atomic E-state index is 0.316. The summed E-state index contributed by atoms with van der Waals surface area (Å²) in [5.74, 6) is -0.723. The number of halogens is 1. The Morgan fingerprint density at radius 1 is 1.44 bits per heavy atom. The van der Waals surface area contributed by atoms with Crippen LogP contribution in [0.15, 0.2) is 29.4 Å². The van der Waals surface area contributed by atoms with Crippen LogP contribution in [-0.4, -0.2) is 33.5 Å². The highest BCUT2D eigenvalue weighted by Crippen LogP contribution is 2.19. The summed E-state index contributed by atoms with van der Waals surface area (Å²) in [6, 6.07) is 4.55. The summed E-state index contributed by atoms with van der Waals surface area (Å²) in [7, 11) is 1.76. The highest BCUT2D eigenvalue weighted by molar-refractivity contribution is 7.16. The minimum atomic E-state index is -0.407. The van der Waals surface area contributed by atoms with Crippen LogP contribution in [0.1, 0.15) is 23.0 Å². The summed E-state index contributed by atoms with van der Waals surface area (Å²) in [6.45, 7) is 5.37. The van der Waals surface area contributed by atoms with Gasteiger partial charge in [-0.3, -0.25) is 9.48 Å². The molecule has 0 fully saturated rings. The van der Waals surface area contributed by atoms with Gasteiger partial charge in [-0.05, 0) is 32.0 Å². The SMILES string of the molecule is CCOCCn1c(=NC(=O)c2nn(C)cc2C)sc2cc(F)ccc21. The zero-order valence-electron chi connectivity index (χ0n) is 14.3. The Morgan fingerprint density at radius 2 is 2.24 bits per heavy atom. The molecule has 0 aliphatic heterocycles. The van der Waals surface area contributed by atoms with Crippen molar-refractivity contribution < 1.29 is 13.9 Å². The molecule has 132 valence electrons. The quantitative estimate of drug-likeness (QED) is 0.656. The van der Waals surface area contributed by atoms with Crippen molar-refractivity contribution in [3.05, 3.63) is 46.3 Å². The molecule has 1 amide bonds. The average Bonchev–Trinajstić information content (AvgIpc) is 3.07. The van der Waals surface area contributed by atoms with E-state index in [4.69, 9.17) is 4.74 Å². The Labute approximate surface area is 148 Å². The number of carbonyl (C=O) groups is 1. The smallest absolute Gasteiger partial charge is 0.300 e. The number of aryl methyl sites for hydroxylation is 2. The van der Waals surface area contributed by atoms with E-state index in [1.807, 2.05) is 18.4 Å². The van der Waals surface area contributed by atoms with Gasteiger partial charge in [0.2, 0.25) is 0 Å². The predicted octanol–water partition coefficient (Wildman–Crippen LogP) is 2.66. The number of benzene rings is 1. The maximum absolute atomic E-state index is 13.5. The lowest BCUT2D eigenvalue weighted by Gasteiger charge is -2.05. The van der Waals surface area contributed by atoms with Gasteiger partial charge in [-0.1, -0.05) is 11.3 Å². The van der Waals surface area contributed by atoms with Gasteiger partial charge in [0.15, 0.2) is 10.5 Å². The number of hydrogen-bond donors (Lipinski definition) is 0. The van der Waals surface area contributed by atoms with Crippen LogP contribution in [-0.2, 0) is 18.3 Å². The fourth-order valence-corrected chi connectivity index (χ4v) is 3.69. The number of ether oxygens (including phenoxy) is 1. The molecule has 0 atom stereocenters. The fraction of sp³-hybridized carbons (Fsp3) is 0.353. The Kier molecular flexibility index (Phi) is 5.10. The maximum atomic E-state index is 13.5. The molecular formula is C17H19FN4O2S. The van der Waals surface area contributed by atoms with E-state index in [0.717, 1.165) is 15.8 Å². The molecule has 0 aliphatic carbocycles. The molecule has 0 saturated heterocycles. The zero-order valence-corrected chi connectivity index (χ0v) is 15.1. The first-order valence-corrected chi connectivity index (χ1v) is 8.77. The lowest BCUT2D eigenvalue weighted by Crippen LogP contribution is -2.20. The van der Waals surface area contributed by atoms with Gasteiger partial charge in [0.1, 0.15) is 5.82 Å². The molecule has 2 aromatic heterocycles. The van der Waals surface area contributed by atoms with Crippen molar-refractivity contribution in [2.24, 2.45) is 12.0 Å². The van der Waals surface area contributed by atoms with Crippen LogP contribution >= 0.6 is 11.3 Å². The van der Waals surface area contributed by atoms with Crippen molar-refractivity contribution in [1.82, 2.24) is 14.3 Å². The highest BCUT2D eigenvalue weighted by atomic mass is 32.1. The van der Waals surface area contributed by atoms with Gasteiger partial charge in [-0.25, -0.2) is 4.39 Å². The molecule has 0 saturated carbocycles. The molecule has 6 nitrogen and oxygen atoms in total. The topological polar surface area (TPSA) is 61.4 Å². The third kappa shape index (κ3) is 3.69. The van der Waals surface area contributed by atoms with Crippen molar-refractivity contribution in [2.75, 3.05) is 13.2 Å². The molecule has 0 radical (unpaired) electrons. The van der Waals surface area contributed by atoms with Crippen molar-refractivity contribution >= 4 is 27.5 Å². The molecule has 0 spiro atoms. The number of hydrogen-bond acceptors (Lipinski definition) is 4. The van der Waals surface area contributed by atoms with Crippen LogP contribution < -0.4 is 4.80 Å². The summed E-state index contributed by atoms with van der Waals surface area (Å²) in [4.78, 5) is 17.3. The van der Waals surface area contributed by atoms with Gasteiger partial charge in [-0.2, -0.15) is 10.1 Å². The van der Waals surface area contributed by atoms with Crippen molar-refractivity contribution in [2.45, 2.75) is 20.4 Å². The third-order valence-electron chi connectivity index (χ3n) is 3.72. The van der Waals surface area contributed by atoms with E-state index in [1.54, 1.807) is 24.0 Å². The predicted molar refractivity (Wildman–Crippen MR) is 94.1 cm³/mol. The van der Waals surface area contributed by atoms with Crippen LogP contribution in [0.2, 0.25) is 0 Å². The Bertz CT molecular complexity index is 986. The number of aromatic nitrogens is 3. The second-order valence-corrected chi connectivity index (χ2v) is 6.61. The molecule has 3 rings (SSSR count). The molecule has 2 heterocycles. The summed E-state index contributed by atoms with van der Waals surface area (Å²) in [6.07, 6.45) is 1.77. The minimum Gasteiger partial charge on any atom is -0.380 e. The summed E-state index contributed by atoms with van der Waals surface area (Å²) in [5.41, 5.74) is 1.92. The van der Waals surface area contributed by atoms with E-state index in [9.17, 15) is 9.18 Å². The van der Waals surface area contributed by atoms with Crippen molar-refractivity contribution in [3.63, 3.8) is 0 Å². The van der Waals surface area contributed by atoms with E-state index in [2.05, 4.69) is 10.1 Å². The van der Waals surface area contributed by atoms with Gasteiger partial charge in [-0.15, -0.1) is 0 Å². The van der Waals surface area contributed by atoms with Gasteiger partial charge in [0, 0.05) is 32.0 Å². The largest absolute Gasteiger partial charge is 0.380 e. The van der Waals surface area contributed by atoms with Crippen LogP contribution in [0.4, 0.5) is 4.39 Å². The second-order valence-electron chi connectivity index (χ2n) is 5.60. The summed E-state index contributed by atoms with van der Waals surface area (Å²) < 4.78 is 23.1. The number of nitrogens with zero attached hydrogens (tertiary/aromatic N) is 4. The molecule has 25 heavy (non-hydrogen) atoms. The molecule has 8 heteroatoms. The second kappa shape index (κ2) is 7.28. The van der Waals surface area contributed by atoms with E-state index in [1.165, 1.54) is 23.5 Å². The summed E-state index contributed by atoms with van der Waals surface area (Å²) >= 11 is 1.28. The van der Waals surface area contributed by atoms with E-state index in [-0.39, 0.29) is 5.82 Å². The molecule has 0 bridgehead atoms. The van der Waals surface area contributed by atoms with E-state index in [0.29, 0.717) is 30.3 Å². The van der Waals surface area contributed by atoms with Crippen molar-refractivity contribution in [1.29, 1.82) is 0 Å². The van der Waals surface area contributed by atoms with Gasteiger partial charge >= 0.3 is 0 Å². The molecule has 0 aliphatic rings. The lowest BCUT2D eigenvalue weighted by molar-refractivity contribution is 0.0990. The van der Waals surface area contributed by atoms with Gasteiger partial charge in [0.05, 0.1) is 16.8 Å². The third-order valence-corrected chi connectivity index (χ3v) is 4.76.